The van der Waals surface area contributed by atoms with E-state index in [0.29, 0.717) is 11.5 Å². The quantitative estimate of drug-likeness (QED) is 0.465. The second kappa shape index (κ2) is 5.35. The Balaban J connectivity index is 3.91. The van der Waals surface area contributed by atoms with Gasteiger partial charge in [-0.3, -0.25) is 0 Å². The molecule has 0 N–H and O–H groups in total. The van der Waals surface area contributed by atoms with Gasteiger partial charge in [-0.05, 0) is 20.1 Å². The Kier molecular flexibility index (Phi) is 5.12. The molecule has 0 unspecified atom stereocenters. The predicted molar refractivity (Wildman–Crippen MR) is 43.9 cm³/mol. The number of esters is 1. The fourth-order valence-corrected chi connectivity index (χ4v) is 0.983. The summed E-state index contributed by atoms with van der Waals surface area (Å²) >= 11 is 1.40. The number of carbonyl (C=O) groups excluding carboxylic acids is 1. The summed E-state index contributed by atoms with van der Waals surface area (Å²) in [5, 5.41) is 0. The van der Waals surface area contributed by atoms with Crippen molar-refractivity contribution in [2.24, 2.45) is 0 Å². The average Bonchev–Trinajstić information content (AvgIpc) is 1.91. The molecule has 58 valence electrons. The molecule has 0 bridgehead atoms. The van der Waals surface area contributed by atoms with Gasteiger partial charge in [0.25, 0.3) is 0 Å². The third-order valence-electron chi connectivity index (χ3n) is 0.959. The number of allylic oxidation sites excluding steroid dienone is 1. The molecule has 0 aromatic heterocycles. The smallest absolute Gasteiger partial charge is 0.344 e. The SMILES string of the molecule is C/C=C(\SC)C(=O)OCC. The number of thioether (sulfide) groups is 1. The largest absolute Gasteiger partial charge is 0.462 e. The van der Waals surface area contributed by atoms with Gasteiger partial charge in [-0.2, -0.15) is 0 Å². The number of carbonyl (C=O) groups is 1. The van der Waals surface area contributed by atoms with E-state index in [1.807, 2.05) is 13.2 Å². The predicted octanol–water partition coefficient (Wildman–Crippen LogP) is 1.82. The van der Waals surface area contributed by atoms with E-state index >= 15 is 0 Å². The van der Waals surface area contributed by atoms with E-state index in [0.717, 1.165) is 0 Å². The highest BCUT2D eigenvalue weighted by Crippen LogP contribution is 2.12. The van der Waals surface area contributed by atoms with Crippen LogP contribution in [0.2, 0.25) is 0 Å². The van der Waals surface area contributed by atoms with Gasteiger partial charge < -0.3 is 4.74 Å². The molecular formula is C7H12O2S. The Morgan fingerprint density at radius 1 is 1.70 bits per heavy atom. The second-order valence-electron chi connectivity index (χ2n) is 1.58. The number of hydrogen-bond donors (Lipinski definition) is 0. The lowest BCUT2D eigenvalue weighted by Crippen LogP contribution is -2.04. The summed E-state index contributed by atoms with van der Waals surface area (Å²) in [6.45, 7) is 4.06. The summed E-state index contributed by atoms with van der Waals surface area (Å²) in [5.41, 5.74) is 0. The summed E-state index contributed by atoms with van der Waals surface area (Å²) in [5.74, 6) is -0.225. The van der Waals surface area contributed by atoms with Gasteiger partial charge >= 0.3 is 5.97 Å². The maximum atomic E-state index is 10.9. The summed E-state index contributed by atoms with van der Waals surface area (Å²) in [4.78, 5) is 11.6. The maximum absolute atomic E-state index is 10.9. The highest BCUT2D eigenvalue weighted by molar-refractivity contribution is 8.03. The first kappa shape index (κ1) is 9.56. The molecule has 0 saturated carbocycles. The highest BCUT2D eigenvalue weighted by Gasteiger charge is 2.05. The number of hydrogen-bond acceptors (Lipinski definition) is 3. The van der Waals surface area contributed by atoms with Crippen LogP contribution < -0.4 is 0 Å². The van der Waals surface area contributed by atoms with Gasteiger partial charge in [-0.15, -0.1) is 11.8 Å². The van der Waals surface area contributed by atoms with E-state index in [9.17, 15) is 4.79 Å². The molecule has 0 atom stereocenters. The van der Waals surface area contributed by atoms with Crippen LogP contribution in [0.15, 0.2) is 11.0 Å². The minimum atomic E-state index is -0.225. The molecule has 0 aliphatic heterocycles. The minimum absolute atomic E-state index is 0.225. The molecule has 0 aromatic carbocycles. The number of ether oxygens (including phenoxy) is 1. The lowest BCUT2D eigenvalue weighted by atomic mass is 10.5. The Labute approximate surface area is 65.6 Å². The van der Waals surface area contributed by atoms with Crippen molar-refractivity contribution in [3.05, 3.63) is 11.0 Å². The van der Waals surface area contributed by atoms with Crippen LogP contribution in [-0.4, -0.2) is 18.8 Å². The standard InChI is InChI=1S/C7H12O2S/c1-4-6(10-3)7(8)9-5-2/h4H,5H2,1-3H3/b6-4-. The van der Waals surface area contributed by atoms with E-state index in [-0.39, 0.29) is 5.97 Å². The Morgan fingerprint density at radius 2 is 2.30 bits per heavy atom. The normalized spacial score (nSPS) is 11.3. The third kappa shape index (κ3) is 2.92. The molecule has 0 fully saturated rings. The van der Waals surface area contributed by atoms with Crippen molar-refractivity contribution in [1.29, 1.82) is 0 Å². The molecule has 0 aliphatic carbocycles. The van der Waals surface area contributed by atoms with Crippen LogP contribution in [-0.2, 0) is 9.53 Å². The van der Waals surface area contributed by atoms with Crippen LogP contribution in [0.25, 0.3) is 0 Å². The third-order valence-corrected chi connectivity index (χ3v) is 1.80. The van der Waals surface area contributed by atoms with E-state index in [2.05, 4.69) is 0 Å². The molecule has 0 heterocycles. The first-order valence-electron chi connectivity index (χ1n) is 3.13. The lowest BCUT2D eigenvalue weighted by Gasteiger charge is -2.01. The van der Waals surface area contributed by atoms with Crippen molar-refractivity contribution in [2.75, 3.05) is 12.9 Å². The molecular weight excluding hydrogens is 148 g/mol. The fraction of sp³-hybridized carbons (Fsp3) is 0.571. The van der Waals surface area contributed by atoms with Gasteiger partial charge in [-0.25, -0.2) is 4.79 Å². The maximum Gasteiger partial charge on any atom is 0.344 e. The Morgan fingerprint density at radius 3 is 2.60 bits per heavy atom. The molecule has 0 saturated heterocycles. The first-order chi connectivity index (χ1) is 4.76. The van der Waals surface area contributed by atoms with Crippen LogP contribution in [0.4, 0.5) is 0 Å². The van der Waals surface area contributed by atoms with Gasteiger partial charge in [0.15, 0.2) is 0 Å². The molecule has 3 heteroatoms. The summed E-state index contributed by atoms with van der Waals surface area (Å²) in [6, 6.07) is 0. The zero-order chi connectivity index (χ0) is 7.98. The summed E-state index contributed by atoms with van der Waals surface area (Å²) in [7, 11) is 0. The highest BCUT2D eigenvalue weighted by atomic mass is 32.2. The van der Waals surface area contributed by atoms with Crippen LogP contribution >= 0.6 is 11.8 Å². The van der Waals surface area contributed by atoms with Gasteiger partial charge in [0, 0.05) is 0 Å². The van der Waals surface area contributed by atoms with Crippen LogP contribution in [0.1, 0.15) is 13.8 Å². The van der Waals surface area contributed by atoms with Crippen molar-refractivity contribution < 1.29 is 9.53 Å². The average molecular weight is 160 g/mol. The van der Waals surface area contributed by atoms with Crippen molar-refractivity contribution in [3.8, 4) is 0 Å². The first-order valence-corrected chi connectivity index (χ1v) is 4.36. The van der Waals surface area contributed by atoms with Crippen LogP contribution in [0, 0.1) is 0 Å². The van der Waals surface area contributed by atoms with E-state index in [1.165, 1.54) is 11.8 Å². The van der Waals surface area contributed by atoms with Crippen LogP contribution in [0.3, 0.4) is 0 Å². The van der Waals surface area contributed by atoms with Gasteiger partial charge in [0.1, 0.15) is 0 Å². The monoisotopic (exact) mass is 160 g/mol. The van der Waals surface area contributed by atoms with Crippen molar-refractivity contribution in [3.63, 3.8) is 0 Å². The molecule has 0 spiro atoms. The molecule has 10 heavy (non-hydrogen) atoms. The molecule has 0 amide bonds. The van der Waals surface area contributed by atoms with Crippen molar-refractivity contribution in [1.82, 2.24) is 0 Å². The molecule has 0 radical (unpaired) electrons. The van der Waals surface area contributed by atoms with E-state index in [4.69, 9.17) is 4.74 Å². The number of rotatable bonds is 3. The Hall–Kier alpha value is -0.440. The lowest BCUT2D eigenvalue weighted by molar-refractivity contribution is -0.137. The van der Waals surface area contributed by atoms with Gasteiger partial charge in [-0.1, -0.05) is 6.08 Å². The van der Waals surface area contributed by atoms with Crippen LogP contribution in [0.5, 0.6) is 0 Å². The van der Waals surface area contributed by atoms with Crippen molar-refractivity contribution in [2.45, 2.75) is 13.8 Å². The molecule has 0 aromatic rings. The van der Waals surface area contributed by atoms with Gasteiger partial charge in [0.05, 0.1) is 11.5 Å². The van der Waals surface area contributed by atoms with E-state index < -0.39 is 0 Å². The van der Waals surface area contributed by atoms with Gasteiger partial charge in [0.2, 0.25) is 0 Å². The zero-order valence-corrected chi connectivity index (χ0v) is 7.33. The summed E-state index contributed by atoms with van der Waals surface area (Å²) in [6.07, 6.45) is 3.61. The molecule has 2 nitrogen and oxygen atoms in total. The minimum Gasteiger partial charge on any atom is -0.462 e. The molecule has 0 aliphatic rings. The second-order valence-corrected chi connectivity index (χ2v) is 2.43. The van der Waals surface area contributed by atoms with Crippen molar-refractivity contribution >= 4 is 17.7 Å². The Bertz CT molecular complexity index is 141. The van der Waals surface area contributed by atoms with E-state index in [1.54, 1.807) is 13.0 Å². The summed E-state index contributed by atoms with van der Waals surface area (Å²) < 4.78 is 4.76. The zero-order valence-electron chi connectivity index (χ0n) is 6.51. The topological polar surface area (TPSA) is 26.3 Å². The fourth-order valence-electron chi connectivity index (χ4n) is 0.521. The molecule has 0 rings (SSSR count).